The Morgan fingerprint density at radius 3 is 2.47 bits per heavy atom. The molecule has 0 aliphatic carbocycles. The molecule has 16 nitrogen and oxygen atoms in total. The van der Waals surface area contributed by atoms with Crippen molar-refractivity contribution in [2.45, 2.75) is 77.3 Å². The fraction of sp³-hybridized carbons (Fsp3) is 0.413. The van der Waals surface area contributed by atoms with Crippen LogP contribution in [-0.4, -0.2) is 110 Å². The van der Waals surface area contributed by atoms with Crippen molar-refractivity contribution in [3.05, 3.63) is 95.4 Å². The first kappa shape index (κ1) is 47.9. The lowest BCUT2D eigenvalue weighted by atomic mass is 9.85. The largest absolute Gasteiger partial charge is 0.487 e. The number of rotatable bonds is 17. The van der Waals surface area contributed by atoms with E-state index in [2.05, 4.69) is 45.8 Å². The van der Waals surface area contributed by atoms with Crippen LogP contribution < -0.4 is 25.6 Å². The molecule has 0 saturated carbocycles. The highest BCUT2D eigenvalue weighted by Crippen LogP contribution is 2.34. The zero-order valence-corrected chi connectivity index (χ0v) is 38.4. The van der Waals surface area contributed by atoms with E-state index < -0.39 is 41.0 Å². The van der Waals surface area contributed by atoms with Gasteiger partial charge in [0.1, 0.15) is 23.7 Å². The first-order chi connectivity index (χ1) is 31.4. The molecule has 5 heterocycles. The van der Waals surface area contributed by atoms with Crippen molar-refractivity contribution in [2.24, 2.45) is 11.3 Å². The number of amides is 4. The maximum Gasteiger partial charge on any atom is 0.487 e. The lowest BCUT2D eigenvalue weighted by molar-refractivity contribution is -0.144. The van der Waals surface area contributed by atoms with Crippen LogP contribution in [0.4, 0.5) is 20.3 Å². The number of thiazole rings is 1. The summed E-state index contributed by atoms with van der Waals surface area (Å²) in [4.78, 5) is 67.6. The lowest BCUT2D eigenvalue weighted by Crippen LogP contribution is -2.57. The van der Waals surface area contributed by atoms with Gasteiger partial charge in [0.25, 0.3) is 5.91 Å². The van der Waals surface area contributed by atoms with Gasteiger partial charge in [0, 0.05) is 80.2 Å². The molecule has 5 aromatic rings. The number of hydrogen-bond acceptors (Lipinski definition) is 12. The number of pyridine rings is 1. The number of aryl methyl sites for hydroxylation is 1. The van der Waals surface area contributed by atoms with E-state index in [0.29, 0.717) is 42.5 Å². The Morgan fingerprint density at radius 1 is 1.05 bits per heavy atom. The van der Waals surface area contributed by atoms with E-state index in [-0.39, 0.29) is 61.6 Å². The number of anilines is 2. The zero-order valence-electron chi connectivity index (χ0n) is 36.9. The Hall–Kier alpha value is -6.02. The standard InChI is InChI=1S/C46H52ClF2N9O7S/c1-27-39(66-26-52-27)30-7-5-28(6-8-30)21-51-43(62)37-20-33(59)24-58(37)44(63)40(45(2,3)4)55-38(60)15-18-64-25-29-14-17-57(23-29)41-35(36-13-16-53-56-36)19-31(22-50-41)42(61)54-32-9-11-34(12-10-32)65-46(47,48)49/h5-13,16,19,22,26,29,33,37,40,59H,14-15,17-18,20-21,23-25H2,1-4H3,(H,51,62)(H,53,56)(H,54,61)(H,55,60)/t29-,33+,37-,40?/m0/s1. The molecule has 4 atom stereocenters. The molecule has 0 bridgehead atoms. The van der Waals surface area contributed by atoms with E-state index in [1.165, 1.54) is 35.4 Å². The number of hydrogen-bond donors (Lipinski definition) is 5. The first-order valence-corrected chi connectivity index (χ1v) is 22.7. The summed E-state index contributed by atoms with van der Waals surface area (Å²) in [5.41, 5.74) is 1.99. The van der Waals surface area contributed by atoms with Crippen LogP contribution in [0.25, 0.3) is 21.7 Å². The number of nitrogens with zero attached hydrogens (tertiary/aromatic N) is 5. The number of H-pyrrole nitrogens is 1. The minimum Gasteiger partial charge on any atom is -0.420 e. The minimum absolute atomic E-state index is 0.000519. The maximum atomic E-state index is 14.1. The third kappa shape index (κ3) is 12.2. The van der Waals surface area contributed by atoms with Gasteiger partial charge in [-0.2, -0.15) is 5.10 Å². The molecule has 2 aliphatic heterocycles. The number of carbonyl (C=O) groups is 4. The smallest absolute Gasteiger partial charge is 0.420 e. The number of aromatic nitrogens is 4. The molecule has 2 aromatic carbocycles. The Balaban J connectivity index is 0.890. The number of halogens is 3. The van der Waals surface area contributed by atoms with Crippen molar-refractivity contribution < 1.29 is 42.5 Å². The topological polar surface area (TPSA) is 204 Å². The van der Waals surface area contributed by atoms with Gasteiger partial charge in [-0.1, -0.05) is 45.0 Å². The number of benzene rings is 2. The van der Waals surface area contributed by atoms with Gasteiger partial charge in [-0.3, -0.25) is 24.3 Å². The molecule has 2 aliphatic rings. The highest BCUT2D eigenvalue weighted by molar-refractivity contribution is 7.13. The van der Waals surface area contributed by atoms with Gasteiger partial charge >= 0.3 is 5.57 Å². The molecule has 1 unspecified atom stereocenters. The van der Waals surface area contributed by atoms with Crippen molar-refractivity contribution in [1.29, 1.82) is 0 Å². The SMILES string of the molecule is Cc1ncsc1-c1ccc(CNC(=O)[C@@H]2C[C@@H](O)CN2C(=O)C(NC(=O)CCOC[C@H]2CCN(c3ncc(C(=O)Nc4ccc(OC(F)(F)Cl)cc4)cc3-c3ccn[nH]3)C2)C(C)(C)C)cc1. The van der Waals surface area contributed by atoms with Gasteiger partial charge in [-0.05, 0) is 66.3 Å². The predicted octanol–water partition coefficient (Wildman–Crippen LogP) is 6.37. The summed E-state index contributed by atoms with van der Waals surface area (Å²) in [6, 6.07) is 14.8. The minimum atomic E-state index is -3.86. The normalized spacial score (nSPS) is 18.0. The Morgan fingerprint density at radius 2 is 1.80 bits per heavy atom. The van der Waals surface area contributed by atoms with Gasteiger partial charge in [0.15, 0.2) is 0 Å². The van der Waals surface area contributed by atoms with E-state index in [9.17, 15) is 33.1 Å². The van der Waals surface area contributed by atoms with Gasteiger partial charge in [-0.25, -0.2) is 9.97 Å². The lowest BCUT2D eigenvalue weighted by Gasteiger charge is -2.35. The molecule has 4 amide bonds. The zero-order chi connectivity index (χ0) is 47.2. The molecule has 0 radical (unpaired) electrons. The molecule has 0 spiro atoms. The molecule has 5 N–H and O–H groups in total. The molecule has 2 saturated heterocycles. The fourth-order valence-corrected chi connectivity index (χ4v) is 8.87. The highest BCUT2D eigenvalue weighted by atomic mass is 35.5. The van der Waals surface area contributed by atoms with Crippen LogP contribution in [0.1, 0.15) is 61.6 Å². The Bertz CT molecular complexity index is 2480. The average Bonchev–Trinajstić information content (AvgIpc) is 4.12. The molecule has 3 aromatic heterocycles. The number of ether oxygens (including phenoxy) is 2. The molecular weight excluding hydrogens is 896 g/mol. The molecular formula is C46H52ClF2N9O7S. The monoisotopic (exact) mass is 947 g/mol. The van der Waals surface area contributed by atoms with E-state index >= 15 is 0 Å². The second-order valence-electron chi connectivity index (χ2n) is 17.5. The van der Waals surface area contributed by atoms with E-state index in [1.54, 1.807) is 35.2 Å². The van der Waals surface area contributed by atoms with Crippen molar-refractivity contribution >= 4 is 58.1 Å². The van der Waals surface area contributed by atoms with E-state index in [4.69, 9.17) is 16.3 Å². The number of nitrogens with one attached hydrogen (secondary N) is 4. The molecule has 20 heteroatoms. The molecule has 66 heavy (non-hydrogen) atoms. The van der Waals surface area contributed by atoms with Gasteiger partial charge in [-0.15, -0.1) is 20.1 Å². The summed E-state index contributed by atoms with van der Waals surface area (Å²) >= 11 is 6.40. The average molecular weight is 948 g/mol. The molecule has 2 fully saturated rings. The third-order valence-corrected chi connectivity index (χ3v) is 12.4. The number of alkyl halides is 3. The Labute approximate surface area is 389 Å². The third-order valence-electron chi connectivity index (χ3n) is 11.4. The molecule has 7 rings (SSSR count). The van der Waals surface area contributed by atoms with Crippen LogP contribution in [0.3, 0.4) is 0 Å². The number of aliphatic hydroxyl groups is 1. The van der Waals surface area contributed by atoms with E-state index in [1.807, 2.05) is 52.0 Å². The van der Waals surface area contributed by atoms with Crippen LogP contribution in [0, 0.1) is 18.3 Å². The van der Waals surface area contributed by atoms with Crippen molar-refractivity contribution in [3.8, 4) is 27.4 Å². The summed E-state index contributed by atoms with van der Waals surface area (Å²) in [7, 11) is 0. The van der Waals surface area contributed by atoms with E-state index in [0.717, 1.165) is 28.1 Å². The van der Waals surface area contributed by atoms with Crippen LogP contribution in [0.2, 0.25) is 0 Å². The van der Waals surface area contributed by atoms with Crippen LogP contribution in [0.5, 0.6) is 5.75 Å². The highest BCUT2D eigenvalue weighted by Gasteiger charge is 2.44. The van der Waals surface area contributed by atoms with Crippen molar-refractivity contribution in [2.75, 3.05) is 43.1 Å². The van der Waals surface area contributed by atoms with Crippen molar-refractivity contribution in [3.63, 3.8) is 0 Å². The summed E-state index contributed by atoms with van der Waals surface area (Å²) < 4.78 is 36.3. The Kier molecular flexibility index (Phi) is 15.0. The van der Waals surface area contributed by atoms with Crippen LogP contribution in [-0.2, 0) is 25.7 Å². The van der Waals surface area contributed by atoms with Crippen LogP contribution >= 0.6 is 22.9 Å². The number of aliphatic hydroxyl groups excluding tert-OH is 1. The quantitative estimate of drug-likeness (QED) is 0.0512. The summed E-state index contributed by atoms with van der Waals surface area (Å²) in [5.74, 6) is -1.10. The second-order valence-corrected chi connectivity index (χ2v) is 18.8. The van der Waals surface area contributed by atoms with Gasteiger partial charge in [0.2, 0.25) is 17.7 Å². The fourth-order valence-electron chi connectivity index (χ4n) is 7.97. The second kappa shape index (κ2) is 20.7. The number of carbonyl (C=O) groups excluding carboxylic acids is 4. The number of likely N-dealkylation sites (tertiary alicyclic amines) is 1. The van der Waals surface area contributed by atoms with Crippen molar-refractivity contribution in [1.82, 2.24) is 35.7 Å². The van der Waals surface area contributed by atoms with Crippen LogP contribution in [0.15, 0.2) is 78.6 Å². The molecule has 350 valence electrons. The van der Waals surface area contributed by atoms with Gasteiger partial charge < -0.3 is 40.3 Å². The predicted molar refractivity (Wildman–Crippen MR) is 245 cm³/mol. The van der Waals surface area contributed by atoms with Gasteiger partial charge in [0.05, 0.1) is 46.7 Å². The maximum absolute atomic E-state index is 14.1. The number of β-amino-alcohol motifs (C(OH)–C–C–N with tert-alkyl or cyclic N) is 1. The summed E-state index contributed by atoms with van der Waals surface area (Å²) in [5, 5.41) is 26.2. The first-order valence-electron chi connectivity index (χ1n) is 21.5. The summed E-state index contributed by atoms with van der Waals surface area (Å²) in [6.07, 6.45) is 3.03. The summed E-state index contributed by atoms with van der Waals surface area (Å²) in [6.45, 7) is 9.41. The number of aromatic amines is 1.